The third kappa shape index (κ3) is 3.46. The van der Waals surface area contributed by atoms with Gasteiger partial charge >= 0.3 is 6.03 Å². The highest BCUT2D eigenvalue weighted by Gasteiger charge is 2.20. The predicted molar refractivity (Wildman–Crippen MR) is 85.6 cm³/mol. The minimum atomic E-state index is -0.203. The van der Waals surface area contributed by atoms with Crippen molar-refractivity contribution in [2.75, 3.05) is 18.4 Å². The van der Waals surface area contributed by atoms with Crippen LogP contribution in [0.5, 0.6) is 0 Å². The Balaban J connectivity index is 1.48. The van der Waals surface area contributed by atoms with Crippen molar-refractivity contribution in [3.05, 3.63) is 47.8 Å². The second kappa shape index (κ2) is 6.62. The highest BCUT2D eigenvalue weighted by Crippen LogP contribution is 2.19. The number of rotatable bonds is 4. The van der Waals surface area contributed by atoms with Gasteiger partial charge in [0.1, 0.15) is 0 Å². The maximum atomic E-state index is 11.8. The molecule has 2 aromatic rings. The molecule has 2 amide bonds. The van der Waals surface area contributed by atoms with Crippen LogP contribution < -0.4 is 10.6 Å². The first-order chi connectivity index (χ1) is 10.7. The molecule has 0 saturated carbocycles. The van der Waals surface area contributed by atoms with E-state index in [2.05, 4.69) is 56.9 Å². The number of benzene rings is 1. The van der Waals surface area contributed by atoms with E-state index < -0.39 is 0 Å². The maximum Gasteiger partial charge on any atom is 0.319 e. The quantitative estimate of drug-likeness (QED) is 0.808. The third-order valence-electron chi connectivity index (χ3n) is 4.10. The second-order valence-corrected chi connectivity index (χ2v) is 5.66. The third-order valence-corrected chi connectivity index (χ3v) is 4.10. The molecular formula is C16H21N5O. The second-order valence-electron chi connectivity index (χ2n) is 5.66. The summed E-state index contributed by atoms with van der Waals surface area (Å²) in [5, 5.41) is 12.1. The molecule has 6 heteroatoms. The molecule has 0 aliphatic carbocycles. The smallest absolute Gasteiger partial charge is 0.319 e. The van der Waals surface area contributed by atoms with Gasteiger partial charge in [0, 0.05) is 31.9 Å². The van der Waals surface area contributed by atoms with Crippen LogP contribution in [0.2, 0.25) is 0 Å². The lowest BCUT2D eigenvalue weighted by Crippen LogP contribution is -2.45. The lowest BCUT2D eigenvalue weighted by atomic mass is 9.99. The molecule has 1 aromatic carbocycles. The van der Waals surface area contributed by atoms with Crippen molar-refractivity contribution in [3.8, 4) is 0 Å². The molecular weight excluding hydrogens is 278 g/mol. The lowest BCUT2D eigenvalue weighted by Gasteiger charge is -2.33. The average molecular weight is 299 g/mol. The molecule has 0 unspecified atom stereocenters. The van der Waals surface area contributed by atoms with Crippen molar-refractivity contribution in [2.24, 2.45) is 0 Å². The Morgan fingerprint density at radius 2 is 2.23 bits per heavy atom. The van der Waals surface area contributed by atoms with Gasteiger partial charge in [-0.15, -0.1) is 0 Å². The molecule has 3 rings (SSSR count). The molecule has 0 spiro atoms. The van der Waals surface area contributed by atoms with E-state index in [-0.39, 0.29) is 6.03 Å². The van der Waals surface area contributed by atoms with Crippen molar-refractivity contribution in [2.45, 2.75) is 25.9 Å². The highest BCUT2D eigenvalue weighted by molar-refractivity contribution is 5.88. The van der Waals surface area contributed by atoms with Gasteiger partial charge in [-0.05, 0) is 24.5 Å². The van der Waals surface area contributed by atoms with E-state index in [0.29, 0.717) is 18.3 Å². The van der Waals surface area contributed by atoms with Gasteiger partial charge in [-0.1, -0.05) is 24.3 Å². The summed E-state index contributed by atoms with van der Waals surface area (Å²) in [6, 6.07) is 8.67. The Hall–Kier alpha value is -2.34. The lowest BCUT2D eigenvalue weighted by molar-refractivity contribution is 0.186. The zero-order valence-corrected chi connectivity index (χ0v) is 12.7. The Labute approximate surface area is 129 Å². The standard InChI is InChI=1S/C16H21N5O/c1-12(8-17-16(22)20-15-9-18-19-10-15)21-7-6-13-4-2-3-5-14(13)11-21/h2-5,9-10,12H,6-8,11H2,1H3,(H,18,19)(H2,17,20,22)/t12-/m0/s1. The Bertz CT molecular complexity index is 625. The predicted octanol–water partition coefficient (Wildman–Crippen LogP) is 1.98. The molecule has 22 heavy (non-hydrogen) atoms. The molecule has 1 aromatic heterocycles. The van der Waals surface area contributed by atoms with Crippen LogP contribution in [-0.4, -0.2) is 40.3 Å². The van der Waals surface area contributed by atoms with Crippen molar-refractivity contribution in [3.63, 3.8) is 0 Å². The topological polar surface area (TPSA) is 73.0 Å². The molecule has 0 radical (unpaired) electrons. The summed E-state index contributed by atoms with van der Waals surface area (Å²) < 4.78 is 0. The van der Waals surface area contributed by atoms with Crippen molar-refractivity contribution in [1.82, 2.24) is 20.4 Å². The fraction of sp³-hybridized carbons (Fsp3) is 0.375. The summed E-state index contributed by atoms with van der Waals surface area (Å²) in [5.41, 5.74) is 3.50. The van der Waals surface area contributed by atoms with Gasteiger partial charge in [0.2, 0.25) is 0 Å². The van der Waals surface area contributed by atoms with Crippen LogP contribution in [0.25, 0.3) is 0 Å². The molecule has 1 aliphatic heterocycles. The first-order valence-electron chi connectivity index (χ1n) is 7.57. The van der Waals surface area contributed by atoms with E-state index >= 15 is 0 Å². The summed E-state index contributed by atoms with van der Waals surface area (Å²) in [6.45, 7) is 4.74. The number of amides is 2. The number of anilines is 1. The average Bonchev–Trinajstić information content (AvgIpc) is 3.05. The van der Waals surface area contributed by atoms with Crippen LogP contribution in [0.3, 0.4) is 0 Å². The monoisotopic (exact) mass is 299 g/mol. The fourth-order valence-electron chi connectivity index (χ4n) is 2.76. The largest absolute Gasteiger partial charge is 0.336 e. The van der Waals surface area contributed by atoms with Crippen molar-refractivity contribution in [1.29, 1.82) is 0 Å². The number of carbonyl (C=O) groups excluding carboxylic acids is 1. The van der Waals surface area contributed by atoms with E-state index in [4.69, 9.17) is 0 Å². The Morgan fingerprint density at radius 3 is 3.00 bits per heavy atom. The van der Waals surface area contributed by atoms with Gasteiger partial charge in [-0.3, -0.25) is 10.00 Å². The van der Waals surface area contributed by atoms with Gasteiger partial charge in [0.05, 0.1) is 11.9 Å². The molecule has 2 heterocycles. The van der Waals surface area contributed by atoms with Crippen molar-refractivity contribution >= 4 is 11.7 Å². The minimum absolute atomic E-state index is 0.203. The number of hydrogen-bond acceptors (Lipinski definition) is 3. The number of urea groups is 1. The molecule has 6 nitrogen and oxygen atoms in total. The van der Waals surface area contributed by atoms with Crippen molar-refractivity contribution < 1.29 is 4.79 Å². The molecule has 0 fully saturated rings. The minimum Gasteiger partial charge on any atom is -0.336 e. The number of aromatic nitrogens is 2. The molecule has 116 valence electrons. The van der Waals surface area contributed by atoms with E-state index in [1.807, 2.05) is 0 Å². The van der Waals surface area contributed by atoms with Crippen LogP contribution in [-0.2, 0) is 13.0 Å². The number of nitrogens with one attached hydrogen (secondary N) is 3. The number of hydrogen-bond donors (Lipinski definition) is 3. The van der Waals surface area contributed by atoms with Gasteiger partial charge in [-0.2, -0.15) is 5.10 Å². The molecule has 1 aliphatic rings. The molecule has 3 N–H and O–H groups in total. The van der Waals surface area contributed by atoms with Crippen LogP contribution >= 0.6 is 0 Å². The van der Waals surface area contributed by atoms with Gasteiger partial charge in [0.25, 0.3) is 0 Å². The zero-order valence-electron chi connectivity index (χ0n) is 12.7. The van der Waals surface area contributed by atoms with Crippen LogP contribution in [0.1, 0.15) is 18.1 Å². The summed E-state index contributed by atoms with van der Waals surface area (Å²) in [7, 11) is 0. The van der Waals surface area contributed by atoms with Gasteiger partial charge < -0.3 is 10.6 Å². The maximum absolute atomic E-state index is 11.8. The number of aromatic amines is 1. The van der Waals surface area contributed by atoms with Crippen LogP contribution in [0.15, 0.2) is 36.7 Å². The summed E-state index contributed by atoms with van der Waals surface area (Å²) in [6.07, 6.45) is 4.29. The number of nitrogens with zero attached hydrogens (tertiary/aromatic N) is 2. The SMILES string of the molecule is C[C@@H](CNC(=O)Nc1cn[nH]c1)N1CCc2ccccc2C1. The summed E-state index contributed by atoms with van der Waals surface area (Å²) in [5.74, 6) is 0. The first-order valence-corrected chi connectivity index (χ1v) is 7.57. The normalized spacial score (nSPS) is 15.9. The fourth-order valence-corrected chi connectivity index (χ4v) is 2.76. The zero-order chi connectivity index (χ0) is 15.4. The van der Waals surface area contributed by atoms with E-state index in [9.17, 15) is 4.79 Å². The van der Waals surface area contributed by atoms with E-state index in [1.54, 1.807) is 12.4 Å². The van der Waals surface area contributed by atoms with Crippen LogP contribution in [0, 0.1) is 0 Å². The van der Waals surface area contributed by atoms with Gasteiger partial charge in [-0.25, -0.2) is 4.79 Å². The van der Waals surface area contributed by atoms with E-state index in [1.165, 1.54) is 11.1 Å². The first kappa shape index (κ1) is 14.6. The highest BCUT2D eigenvalue weighted by atomic mass is 16.2. The van der Waals surface area contributed by atoms with Crippen LogP contribution in [0.4, 0.5) is 10.5 Å². The number of carbonyl (C=O) groups is 1. The Kier molecular flexibility index (Phi) is 4.39. The summed E-state index contributed by atoms with van der Waals surface area (Å²) in [4.78, 5) is 14.2. The number of H-pyrrole nitrogens is 1. The molecule has 0 bridgehead atoms. The molecule has 1 atom stereocenters. The van der Waals surface area contributed by atoms with E-state index in [0.717, 1.165) is 19.5 Å². The Morgan fingerprint density at radius 1 is 1.41 bits per heavy atom. The number of fused-ring (bicyclic) bond motifs is 1. The summed E-state index contributed by atoms with van der Waals surface area (Å²) >= 11 is 0. The molecule has 0 saturated heterocycles. The van der Waals surface area contributed by atoms with Gasteiger partial charge in [0.15, 0.2) is 0 Å².